The van der Waals surface area contributed by atoms with E-state index in [2.05, 4.69) is 31.6 Å². The van der Waals surface area contributed by atoms with E-state index in [1.165, 1.54) is 0 Å². The van der Waals surface area contributed by atoms with Crippen molar-refractivity contribution < 1.29 is 19.1 Å². The number of hydrazine groups is 1. The average molecular weight is 433 g/mol. The number of benzene rings is 3. The third-order valence-electron chi connectivity index (χ3n) is 4.76. The summed E-state index contributed by atoms with van der Waals surface area (Å²) < 4.78 is 11.2. The molecule has 0 bridgehead atoms. The Labute approximate surface area is 188 Å². The highest BCUT2D eigenvalue weighted by molar-refractivity contribution is 5.99. The van der Waals surface area contributed by atoms with Gasteiger partial charge in [-0.05, 0) is 53.4 Å². The molecule has 3 aromatic carbocycles. The van der Waals surface area contributed by atoms with Crippen LogP contribution in [-0.4, -0.2) is 25.0 Å². The van der Waals surface area contributed by atoms with Gasteiger partial charge >= 0.3 is 0 Å². The highest BCUT2D eigenvalue weighted by Gasteiger charge is 2.15. The van der Waals surface area contributed by atoms with Crippen molar-refractivity contribution in [3.63, 3.8) is 0 Å². The molecule has 0 heterocycles. The fourth-order valence-electron chi connectivity index (χ4n) is 2.94. The zero-order chi connectivity index (χ0) is 23.0. The Morgan fingerprint density at radius 2 is 1.25 bits per heavy atom. The van der Waals surface area contributed by atoms with Gasteiger partial charge in [-0.1, -0.05) is 57.2 Å². The van der Waals surface area contributed by atoms with Gasteiger partial charge in [-0.2, -0.15) is 0 Å². The smallest absolute Gasteiger partial charge is 0.269 e. The van der Waals surface area contributed by atoms with E-state index in [0.717, 1.165) is 11.3 Å². The molecule has 0 aliphatic rings. The fourth-order valence-corrected chi connectivity index (χ4v) is 2.94. The van der Waals surface area contributed by atoms with E-state index in [4.69, 9.17) is 9.47 Å². The number of para-hydroxylation sites is 1. The standard InChI is InChI=1S/C26H28N2O4/c1-26(2,3)21-14-12-19(13-15-21)24(29)27-28-25(30)20-8-7-11-23(18-20)32-17-16-31-22-9-5-4-6-10-22/h4-15,18H,16-17H2,1-3H3,(H,27,29)(H,28,30). The number of carbonyl (C=O) groups excluding carboxylic acids is 2. The molecule has 0 spiro atoms. The second kappa shape index (κ2) is 10.5. The molecule has 0 atom stereocenters. The summed E-state index contributed by atoms with van der Waals surface area (Å²) in [4.78, 5) is 24.8. The summed E-state index contributed by atoms with van der Waals surface area (Å²) in [6, 6.07) is 23.5. The first-order chi connectivity index (χ1) is 15.3. The molecule has 6 nitrogen and oxygen atoms in total. The van der Waals surface area contributed by atoms with Crippen LogP contribution < -0.4 is 20.3 Å². The van der Waals surface area contributed by atoms with Crippen LogP contribution in [0.15, 0.2) is 78.9 Å². The summed E-state index contributed by atoms with van der Waals surface area (Å²) in [6.45, 7) is 7.04. The van der Waals surface area contributed by atoms with Crippen molar-refractivity contribution in [1.29, 1.82) is 0 Å². The van der Waals surface area contributed by atoms with Gasteiger partial charge in [0.05, 0.1) is 0 Å². The lowest BCUT2D eigenvalue weighted by atomic mass is 9.87. The van der Waals surface area contributed by atoms with Gasteiger partial charge in [-0.25, -0.2) is 0 Å². The monoisotopic (exact) mass is 432 g/mol. The summed E-state index contributed by atoms with van der Waals surface area (Å²) >= 11 is 0. The van der Waals surface area contributed by atoms with Gasteiger partial charge in [0.1, 0.15) is 24.7 Å². The first-order valence-electron chi connectivity index (χ1n) is 10.4. The Balaban J connectivity index is 1.48. The Hall–Kier alpha value is -3.80. The van der Waals surface area contributed by atoms with E-state index in [1.54, 1.807) is 36.4 Å². The molecule has 2 N–H and O–H groups in total. The molecule has 166 valence electrons. The second-order valence-electron chi connectivity index (χ2n) is 8.27. The van der Waals surface area contributed by atoms with Crippen LogP contribution in [0.2, 0.25) is 0 Å². The number of hydrogen-bond acceptors (Lipinski definition) is 4. The lowest BCUT2D eigenvalue weighted by Crippen LogP contribution is -2.41. The number of amides is 2. The summed E-state index contributed by atoms with van der Waals surface area (Å²) in [7, 11) is 0. The van der Waals surface area contributed by atoms with Crippen LogP contribution in [-0.2, 0) is 5.41 Å². The van der Waals surface area contributed by atoms with Crippen LogP contribution in [0, 0.1) is 0 Å². The largest absolute Gasteiger partial charge is 0.490 e. The molecule has 0 aliphatic carbocycles. The molecule has 6 heteroatoms. The maximum absolute atomic E-state index is 12.4. The van der Waals surface area contributed by atoms with Crippen molar-refractivity contribution in [2.45, 2.75) is 26.2 Å². The number of carbonyl (C=O) groups is 2. The van der Waals surface area contributed by atoms with Crippen molar-refractivity contribution in [2.75, 3.05) is 13.2 Å². The lowest BCUT2D eigenvalue weighted by molar-refractivity contribution is 0.0846. The SMILES string of the molecule is CC(C)(C)c1ccc(C(=O)NNC(=O)c2cccc(OCCOc3ccccc3)c2)cc1. The zero-order valence-electron chi connectivity index (χ0n) is 18.6. The highest BCUT2D eigenvalue weighted by atomic mass is 16.5. The van der Waals surface area contributed by atoms with Gasteiger partial charge in [0.15, 0.2) is 0 Å². The summed E-state index contributed by atoms with van der Waals surface area (Å²) in [5.41, 5.74) is 6.85. The molecular weight excluding hydrogens is 404 g/mol. The summed E-state index contributed by atoms with van der Waals surface area (Å²) in [5, 5.41) is 0. The molecule has 3 rings (SSSR count). The maximum atomic E-state index is 12.4. The Bertz CT molecular complexity index is 1040. The molecule has 0 aliphatic heterocycles. The predicted octanol–water partition coefficient (Wildman–Crippen LogP) is 4.52. The first kappa shape index (κ1) is 22.9. The van der Waals surface area contributed by atoms with Crippen LogP contribution >= 0.6 is 0 Å². The van der Waals surface area contributed by atoms with E-state index < -0.39 is 5.91 Å². The number of hydrogen-bond donors (Lipinski definition) is 2. The first-order valence-corrected chi connectivity index (χ1v) is 10.4. The minimum Gasteiger partial charge on any atom is -0.490 e. The summed E-state index contributed by atoms with van der Waals surface area (Å²) in [5.74, 6) is 0.492. The van der Waals surface area contributed by atoms with Gasteiger partial charge in [0, 0.05) is 11.1 Å². The van der Waals surface area contributed by atoms with Gasteiger partial charge in [0.25, 0.3) is 11.8 Å². The van der Waals surface area contributed by atoms with Crippen molar-refractivity contribution in [3.05, 3.63) is 95.6 Å². The van der Waals surface area contributed by atoms with Gasteiger partial charge < -0.3 is 9.47 Å². The van der Waals surface area contributed by atoms with Gasteiger partial charge in [-0.15, -0.1) is 0 Å². The molecule has 0 saturated heterocycles. The minimum absolute atomic E-state index is 0.00395. The quantitative estimate of drug-likeness (QED) is 0.425. The number of nitrogens with one attached hydrogen (secondary N) is 2. The molecule has 32 heavy (non-hydrogen) atoms. The molecule has 0 fully saturated rings. The van der Waals surface area contributed by atoms with Crippen LogP contribution in [0.3, 0.4) is 0 Å². The molecule has 0 saturated carbocycles. The Morgan fingerprint density at radius 3 is 1.88 bits per heavy atom. The second-order valence-corrected chi connectivity index (χ2v) is 8.27. The maximum Gasteiger partial charge on any atom is 0.269 e. The Morgan fingerprint density at radius 1 is 0.688 bits per heavy atom. The highest BCUT2D eigenvalue weighted by Crippen LogP contribution is 2.22. The van der Waals surface area contributed by atoms with Crippen molar-refractivity contribution in [1.82, 2.24) is 10.9 Å². The zero-order valence-corrected chi connectivity index (χ0v) is 18.6. The van der Waals surface area contributed by atoms with Crippen LogP contribution in [0.1, 0.15) is 47.1 Å². The normalized spacial score (nSPS) is 10.8. The average Bonchev–Trinajstić information content (AvgIpc) is 2.80. The third-order valence-corrected chi connectivity index (χ3v) is 4.76. The molecule has 3 aromatic rings. The van der Waals surface area contributed by atoms with Gasteiger partial charge in [-0.3, -0.25) is 20.4 Å². The van der Waals surface area contributed by atoms with E-state index in [1.807, 2.05) is 42.5 Å². The van der Waals surface area contributed by atoms with Crippen molar-refractivity contribution >= 4 is 11.8 Å². The summed E-state index contributed by atoms with van der Waals surface area (Å²) in [6.07, 6.45) is 0. The molecule has 0 aromatic heterocycles. The molecular formula is C26H28N2O4. The van der Waals surface area contributed by atoms with Gasteiger partial charge in [0.2, 0.25) is 0 Å². The van der Waals surface area contributed by atoms with E-state index >= 15 is 0 Å². The van der Waals surface area contributed by atoms with Crippen molar-refractivity contribution in [3.8, 4) is 11.5 Å². The fraction of sp³-hybridized carbons (Fsp3) is 0.231. The van der Waals surface area contributed by atoms with E-state index in [0.29, 0.717) is 30.1 Å². The van der Waals surface area contributed by atoms with Crippen LogP contribution in [0.4, 0.5) is 0 Å². The van der Waals surface area contributed by atoms with Crippen molar-refractivity contribution in [2.24, 2.45) is 0 Å². The molecule has 0 radical (unpaired) electrons. The minimum atomic E-state index is -0.435. The Kier molecular flexibility index (Phi) is 7.49. The van der Waals surface area contributed by atoms with Crippen LogP contribution in [0.25, 0.3) is 0 Å². The number of ether oxygens (including phenoxy) is 2. The van der Waals surface area contributed by atoms with E-state index in [9.17, 15) is 9.59 Å². The lowest BCUT2D eigenvalue weighted by Gasteiger charge is -2.19. The molecule has 2 amide bonds. The number of rotatable bonds is 7. The van der Waals surface area contributed by atoms with E-state index in [-0.39, 0.29) is 11.3 Å². The topological polar surface area (TPSA) is 76.7 Å². The third kappa shape index (κ3) is 6.60. The predicted molar refractivity (Wildman–Crippen MR) is 124 cm³/mol. The van der Waals surface area contributed by atoms with Crippen LogP contribution in [0.5, 0.6) is 11.5 Å². The molecule has 0 unspecified atom stereocenters.